The number of carbonyl (C=O) groups is 3. The minimum absolute atomic E-state index is 0.00807. The minimum Gasteiger partial charge on any atom is -0.378 e. The number of fused-ring (bicyclic) bond motifs is 1. The molecule has 7 nitrogen and oxygen atoms in total. The van der Waals surface area contributed by atoms with Crippen molar-refractivity contribution < 1.29 is 19.1 Å². The van der Waals surface area contributed by atoms with Gasteiger partial charge in [0.05, 0.1) is 28.8 Å². The highest BCUT2D eigenvalue weighted by Crippen LogP contribution is 2.39. The van der Waals surface area contributed by atoms with Gasteiger partial charge in [-0.1, -0.05) is 39.7 Å². The molecule has 2 fully saturated rings. The zero-order chi connectivity index (χ0) is 23.8. The van der Waals surface area contributed by atoms with Crippen molar-refractivity contribution in [1.29, 1.82) is 0 Å². The lowest BCUT2D eigenvalue weighted by Gasteiger charge is -2.27. The van der Waals surface area contributed by atoms with E-state index in [1.54, 1.807) is 35.2 Å². The van der Waals surface area contributed by atoms with Crippen LogP contribution in [0.15, 0.2) is 58.0 Å². The van der Waals surface area contributed by atoms with E-state index < -0.39 is 11.1 Å². The topological polar surface area (TPSA) is 71.9 Å². The van der Waals surface area contributed by atoms with Gasteiger partial charge in [0.25, 0.3) is 11.1 Å². The molecule has 2 aliphatic rings. The van der Waals surface area contributed by atoms with E-state index in [1.165, 1.54) is 0 Å². The minimum atomic E-state index is -0.427. The summed E-state index contributed by atoms with van der Waals surface area (Å²) in [6.45, 7) is 2.40. The lowest BCUT2D eigenvalue weighted by molar-refractivity contribution is -0.135. The molecule has 0 unspecified atom stereocenters. The summed E-state index contributed by atoms with van der Waals surface area (Å²) >= 11 is 10.6. The molecule has 5 rings (SSSR count). The van der Waals surface area contributed by atoms with Crippen LogP contribution in [-0.2, 0) is 20.9 Å². The summed E-state index contributed by atoms with van der Waals surface area (Å²) in [5.41, 5.74) is 1.97. The number of aromatic nitrogens is 1. The molecule has 3 amide bonds. The third kappa shape index (κ3) is 4.40. The van der Waals surface area contributed by atoms with Gasteiger partial charge in [0.2, 0.25) is 5.91 Å². The second-order valence-corrected chi connectivity index (χ2v) is 10.2. The summed E-state index contributed by atoms with van der Waals surface area (Å²) in [6, 6.07) is 12.5. The summed E-state index contributed by atoms with van der Waals surface area (Å²) in [4.78, 5) is 41.9. The molecule has 0 radical (unpaired) electrons. The Morgan fingerprint density at radius 3 is 2.68 bits per heavy atom. The molecule has 0 bridgehead atoms. The highest BCUT2D eigenvalue weighted by atomic mass is 79.9. The lowest BCUT2D eigenvalue weighted by Crippen LogP contribution is -2.42. The number of benzene rings is 2. The van der Waals surface area contributed by atoms with Crippen LogP contribution in [0.25, 0.3) is 17.0 Å². The fourth-order valence-electron chi connectivity index (χ4n) is 4.05. The number of halogens is 2. The molecule has 0 N–H and O–H groups in total. The second-order valence-electron chi connectivity index (χ2n) is 7.84. The van der Waals surface area contributed by atoms with Crippen LogP contribution in [0.5, 0.6) is 0 Å². The largest absolute Gasteiger partial charge is 0.378 e. The van der Waals surface area contributed by atoms with Gasteiger partial charge in [-0.25, -0.2) is 4.90 Å². The first-order chi connectivity index (χ1) is 16.4. The smallest absolute Gasteiger partial charge is 0.298 e. The molecule has 2 aromatic carbocycles. The van der Waals surface area contributed by atoms with Crippen LogP contribution in [0.3, 0.4) is 0 Å². The van der Waals surface area contributed by atoms with Crippen LogP contribution in [0.1, 0.15) is 5.56 Å². The van der Waals surface area contributed by atoms with Crippen molar-refractivity contribution in [2.24, 2.45) is 0 Å². The molecular formula is C24H19BrClN3O4S. The number of para-hydroxylation sites is 1. The van der Waals surface area contributed by atoms with E-state index in [0.717, 1.165) is 37.6 Å². The van der Waals surface area contributed by atoms with E-state index in [2.05, 4.69) is 15.9 Å². The van der Waals surface area contributed by atoms with Gasteiger partial charge < -0.3 is 14.2 Å². The van der Waals surface area contributed by atoms with Crippen LogP contribution in [-0.4, -0.2) is 52.8 Å². The maximum absolute atomic E-state index is 13.1. The summed E-state index contributed by atoms with van der Waals surface area (Å²) in [6.07, 6.45) is 3.55. The van der Waals surface area contributed by atoms with Crippen LogP contribution >= 0.6 is 39.3 Å². The summed E-state index contributed by atoms with van der Waals surface area (Å²) in [7, 11) is 0. The Kier molecular flexibility index (Phi) is 6.52. The van der Waals surface area contributed by atoms with Crippen molar-refractivity contribution in [2.75, 3.05) is 31.2 Å². The normalized spacial score (nSPS) is 17.9. The van der Waals surface area contributed by atoms with E-state index in [4.69, 9.17) is 16.3 Å². The Hall–Kier alpha value is -2.59. The molecule has 3 heterocycles. The fourth-order valence-corrected chi connectivity index (χ4v) is 5.46. The Morgan fingerprint density at radius 1 is 1.15 bits per heavy atom. The van der Waals surface area contributed by atoms with Gasteiger partial charge in [-0.2, -0.15) is 0 Å². The number of carbonyl (C=O) groups excluding carboxylic acids is 3. The van der Waals surface area contributed by atoms with Crippen LogP contribution in [0.2, 0.25) is 5.02 Å². The average Bonchev–Trinajstić information content (AvgIpc) is 3.30. The number of hydrogen-bond acceptors (Lipinski definition) is 5. The first-order valence-corrected chi connectivity index (χ1v) is 12.6. The molecule has 0 saturated carbocycles. The number of morpholine rings is 1. The molecule has 174 valence electrons. The number of rotatable bonds is 4. The van der Waals surface area contributed by atoms with Crippen LogP contribution in [0, 0.1) is 0 Å². The molecule has 2 aliphatic heterocycles. The molecule has 10 heteroatoms. The number of nitrogens with zero attached hydrogens (tertiary/aromatic N) is 3. The van der Waals surface area contributed by atoms with Gasteiger partial charge in [-0.15, -0.1) is 0 Å². The van der Waals surface area contributed by atoms with Crippen molar-refractivity contribution >= 4 is 79.0 Å². The van der Waals surface area contributed by atoms with Crippen molar-refractivity contribution in [3.63, 3.8) is 0 Å². The number of thioether (sulfide) groups is 1. The highest BCUT2D eigenvalue weighted by Gasteiger charge is 2.37. The van der Waals surface area contributed by atoms with Crippen molar-refractivity contribution in [2.45, 2.75) is 6.54 Å². The molecule has 2 saturated heterocycles. The maximum atomic E-state index is 13.1. The van der Waals surface area contributed by atoms with Gasteiger partial charge in [0.1, 0.15) is 6.54 Å². The van der Waals surface area contributed by atoms with Gasteiger partial charge in [-0.05, 0) is 48.2 Å². The number of amides is 3. The van der Waals surface area contributed by atoms with Gasteiger partial charge in [0, 0.05) is 40.2 Å². The maximum Gasteiger partial charge on any atom is 0.298 e. The fraction of sp³-hybridized carbons (Fsp3) is 0.208. The van der Waals surface area contributed by atoms with E-state index in [1.807, 2.05) is 29.0 Å². The van der Waals surface area contributed by atoms with Crippen molar-refractivity contribution in [1.82, 2.24) is 9.47 Å². The zero-order valence-corrected chi connectivity index (χ0v) is 21.0. The molecule has 0 spiro atoms. The lowest BCUT2D eigenvalue weighted by atomic mass is 10.1. The highest BCUT2D eigenvalue weighted by molar-refractivity contribution is 9.10. The molecule has 34 heavy (non-hydrogen) atoms. The Labute approximate surface area is 213 Å². The van der Waals surface area contributed by atoms with Crippen molar-refractivity contribution in [3.8, 4) is 0 Å². The van der Waals surface area contributed by atoms with Crippen LogP contribution in [0.4, 0.5) is 10.5 Å². The Balaban J connectivity index is 1.49. The standard InChI is InChI=1S/C24H19BrClN3O4S/c25-16-5-6-19-17(12-16)15(13-28(19)14-22(30)27-7-9-33-10-8-27)11-21-23(31)29(24(32)34-21)20-4-2-1-3-18(20)26/h1-6,11-13H,7-10,14H2/b21-11-. The molecule has 0 aliphatic carbocycles. The monoisotopic (exact) mass is 559 g/mol. The number of anilines is 1. The molecule has 3 aromatic rings. The third-order valence-electron chi connectivity index (χ3n) is 5.72. The SMILES string of the molecule is O=C(Cn1cc(/C=C2\SC(=O)N(c3ccccc3Cl)C2=O)c2cc(Br)ccc21)N1CCOCC1. The van der Waals surface area contributed by atoms with Gasteiger partial charge in [0.15, 0.2) is 0 Å². The van der Waals surface area contributed by atoms with Crippen molar-refractivity contribution in [3.05, 3.63) is 68.6 Å². The summed E-state index contributed by atoms with van der Waals surface area (Å²) < 4.78 is 8.09. The van der Waals surface area contributed by atoms with Gasteiger partial charge in [-0.3, -0.25) is 14.4 Å². The molecular weight excluding hydrogens is 542 g/mol. The van der Waals surface area contributed by atoms with E-state index in [0.29, 0.717) is 41.9 Å². The number of imide groups is 1. The third-order valence-corrected chi connectivity index (χ3v) is 7.40. The Morgan fingerprint density at radius 2 is 1.91 bits per heavy atom. The predicted molar refractivity (Wildman–Crippen MR) is 137 cm³/mol. The first-order valence-electron chi connectivity index (χ1n) is 10.6. The van der Waals surface area contributed by atoms with E-state index >= 15 is 0 Å². The van der Waals surface area contributed by atoms with Gasteiger partial charge >= 0.3 is 0 Å². The Bertz CT molecular complexity index is 1350. The molecule has 0 atom stereocenters. The first kappa shape index (κ1) is 23.2. The predicted octanol–water partition coefficient (Wildman–Crippen LogP) is 5.16. The van der Waals surface area contributed by atoms with Crippen LogP contribution < -0.4 is 4.90 Å². The number of ether oxygens (including phenoxy) is 1. The number of hydrogen-bond donors (Lipinski definition) is 0. The summed E-state index contributed by atoms with van der Waals surface area (Å²) in [5.74, 6) is -0.419. The average molecular weight is 561 g/mol. The summed E-state index contributed by atoms with van der Waals surface area (Å²) in [5, 5.41) is 0.790. The quantitative estimate of drug-likeness (QED) is 0.413. The van der Waals surface area contributed by atoms with E-state index in [-0.39, 0.29) is 12.5 Å². The van der Waals surface area contributed by atoms with E-state index in [9.17, 15) is 14.4 Å². The zero-order valence-electron chi connectivity index (χ0n) is 17.9. The second kappa shape index (κ2) is 9.58. The molecule has 1 aromatic heterocycles.